The largest absolute Gasteiger partial charge is 0.493 e. The minimum atomic E-state index is -0.463. The van der Waals surface area contributed by atoms with Gasteiger partial charge in [-0.2, -0.15) is 0 Å². The average Bonchev–Trinajstić information content (AvgIpc) is 2.82. The predicted octanol–water partition coefficient (Wildman–Crippen LogP) is 3.81. The highest BCUT2D eigenvalue weighted by molar-refractivity contribution is 6.04. The molecule has 0 aliphatic heterocycles. The van der Waals surface area contributed by atoms with Crippen molar-refractivity contribution in [1.82, 2.24) is 5.32 Å². The summed E-state index contributed by atoms with van der Waals surface area (Å²) in [6.45, 7) is 1.56. The van der Waals surface area contributed by atoms with Crippen LogP contribution in [0, 0.1) is 0 Å². The van der Waals surface area contributed by atoms with Crippen molar-refractivity contribution in [2.24, 2.45) is 0 Å². The summed E-state index contributed by atoms with van der Waals surface area (Å²) in [5.74, 6) is 0.212. The average molecular weight is 448 g/mol. The molecule has 0 saturated heterocycles. The molecule has 2 amide bonds. The summed E-state index contributed by atoms with van der Waals surface area (Å²) in [6, 6.07) is 18.4. The van der Waals surface area contributed by atoms with E-state index in [1.165, 1.54) is 27.2 Å². The van der Waals surface area contributed by atoms with Crippen LogP contribution >= 0.6 is 0 Å². The van der Waals surface area contributed by atoms with Crippen molar-refractivity contribution in [3.8, 4) is 17.2 Å². The van der Waals surface area contributed by atoms with E-state index in [9.17, 15) is 14.4 Å². The van der Waals surface area contributed by atoms with Crippen LogP contribution in [0.5, 0.6) is 17.2 Å². The topological polar surface area (TPSA) is 103 Å². The predicted molar refractivity (Wildman–Crippen MR) is 123 cm³/mol. The molecule has 170 valence electrons. The first-order valence-electron chi connectivity index (χ1n) is 10.1. The lowest BCUT2D eigenvalue weighted by Gasteiger charge is -2.11. The van der Waals surface area contributed by atoms with Gasteiger partial charge in [-0.25, -0.2) is 0 Å². The number of rotatable bonds is 8. The third-order valence-electron chi connectivity index (χ3n) is 4.64. The Morgan fingerprint density at radius 3 is 2.24 bits per heavy atom. The van der Waals surface area contributed by atoms with E-state index in [1.807, 2.05) is 6.07 Å². The normalized spacial score (nSPS) is 10.2. The van der Waals surface area contributed by atoms with Gasteiger partial charge in [0, 0.05) is 30.3 Å². The lowest BCUT2D eigenvalue weighted by atomic mass is 10.1. The van der Waals surface area contributed by atoms with Crippen LogP contribution in [0.25, 0.3) is 0 Å². The fraction of sp³-hybridized carbons (Fsp3) is 0.160. The zero-order valence-corrected chi connectivity index (χ0v) is 18.5. The number of hydrogen-bond donors (Lipinski definition) is 2. The van der Waals surface area contributed by atoms with E-state index in [1.54, 1.807) is 54.6 Å². The number of carbonyl (C=O) groups is 3. The smallest absolute Gasteiger partial charge is 0.308 e. The zero-order chi connectivity index (χ0) is 23.8. The molecule has 0 fully saturated rings. The molecule has 8 nitrogen and oxygen atoms in total. The number of anilines is 1. The maximum Gasteiger partial charge on any atom is 0.308 e. The molecule has 0 spiro atoms. The lowest BCUT2D eigenvalue weighted by molar-refractivity contribution is -0.131. The molecular weight excluding hydrogens is 424 g/mol. The number of benzene rings is 3. The molecule has 33 heavy (non-hydrogen) atoms. The summed E-state index contributed by atoms with van der Waals surface area (Å²) in [4.78, 5) is 36.2. The maximum atomic E-state index is 12.6. The molecule has 3 aromatic rings. The third kappa shape index (κ3) is 6.33. The Labute approximate surface area is 191 Å². The quantitative estimate of drug-likeness (QED) is 0.401. The lowest BCUT2D eigenvalue weighted by Crippen LogP contribution is -2.23. The first-order chi connectivity index (χ1) is 15.9. The Hall–Kier alpha value is -4.33. The maximum absolute atomic E-state index is 12.6. The Kier molecular flexibility index (Phi) is 7.64. The van der Waals surface area contributed by atoms with Crippen molar-refractivity contribution in [2.75, 3.05) is 19.5 Å². The summed E-state index contributed by atoms with van der Waals surface area (Å²) in [5.41, 5.74) is 2.15. The van der Waals surface area contributed by atoms with Gasteiger partial charge in [-0.3, -0.25) is 14.4 Å². The molecule has 3 aromatic carbocycles. The van der Waals surface area contributed by atoms with Gasteiger partial charge in [0.15, 0.2) is 11.5 Å². The summed E-state index contributed by atoms with van der Waals surface area (Å²) in [5, 5.41) is 5.65. The van der Waals surface area contributed by atoms with Crippen LogP contribution in [-0.4, -0.2) is 32.0 Å². The first kappa shape index (κ1) is 23.3. The van der Waals surface area contributed by atoms with Crippen LogP contribution < -0.4 is 24.8 Å². The van der Waals surface area contributed by atoms with Crippen molar-refractivity contribution in [1.29, 1.82) is 0 Å². The summed E-state index contributed by atoms with van der Waals surface area (Å²) >= 11 is 0. The third-order valence-corrected chi connectivity index (χ3v) is 4.64. The van der Waals surface area contributed by atoms with Crippen LogP contribution in [0.1, 0.15) is 33.2 Å². The second-order valence-electron chi connectivity index (χ2n) is 7.03. The fourth-order valence-electron chi connectivity index (χ4n) is 3.09. The van der Waals surface area contributed by atoms with E-state index in [0.29, 0.717) is 34.1 Å². The molecule has 0 radical (unpaired) electrons. The van der Waals surface area contributed by atoms with Gasteiger partial charge < -0.3 is 24.8 Å². The number of esters is 1. The van der Waals surface area contributed by atoms with Crippen molar-refractivity contribution in [3.05, 3.63) is 83.4 Å². The van der Waals surface area contributed by atoms with Crippen LogP contribution in [0.4, 0.5) is 5.69 Å². The van der Waals surface area contributed by atoms with Crippen molar-refractivity contribution < 1.29 is 28.6 Å². The van der Waals surface area contributed by atoms with Crippen LogP contribution in [0.3, 0.4) is 0 Å². The molecule has 0 atom stereocenters. The second-order valence-corrected chi connectivity index (χ2v) is 7.03. The highest BCUT2D eigenvalue weighted by Crippen LogP contribution is 2.27. The molecule has 0 unspecified atom stereocenters. The number of amides is 2. The van der Waals surface area contributed by atoms with E-state index in [2.05, 4.69) is 10.6 Å². The van der Waals surface area contributed by atoms with Gasteiger partial charge in [0.1, 0.15) is 5.75 Å². The SMILES string of the molecule is COc1ccc(C(=O)NCc2cccc(NC(=O)c3cccc(OC(C)=O)c3)c2)cc1OC. The van der Waals surface area contributed by atoms with Gasteiger partial charge in [0.25, 0.3) is 11.8 Å². The van der Waals surface area contributed by atoms with Gasteiger partial charge in [0.05, 0.1) is 14.2 Å². The first-order valence-corrected chi connectivity index (χ1v) is 10.1. The second kappa shape index (κ2) is 10.8. The molecule has 0 heterocycles. The highest BCUT2D eigenvalue weighted by atomic mass is 16.5. The van der Waals surface area contributed by atoms with E-state index >= 15 is 0 Å². The minimum absolute atomic E-state index is 0.263. The van der Waals surface area contributed by atoms with E-state index in [0.717, 1.165) is 5.56 Å². The van der Waals surface area contributed by atoms with Crippen LogP contribution in [0.2, 0.25) is 0 Å². The van der Waals surface area contributed by atoms with E-state index < -0.39 is 5.97 Å². The Morgan fingerprint density at radius 1 is 0.788 bits per heavy atom. The molecule has 2 N–H and O–H groups in total. The zero-order valence-electron chi connectivity index (χ0n) is 18.5. The summed E-state index contributed by atoms with van der Waals surface area (Å²) < 4.78 is 15.4. The Bertz CT molecular complexity index is 1180. The number of nitrogens with one attached hydrogen (secondary N) is 2. The van der Waals surface area contributed by atoms with Crippen molar-refractivity contribution in [2.45, 2.75) is 13.5 Å². The van der Waals surface area contributed by atoms with Gasteiger partial charge in [0.2, 0.25) is 0 Å². The molecule has 0 bridgehead atoms. The van der Waals surface area contributed by atoms with Crippen LogP contribution in [0.15, 0.2) is 66.7 Å². The molecular formula is C25H24N2O6. The van der Waals surface area contributed by atoms with Crippen LogP contribution in [-0.2, 0) is 11.3 Å². The number of ether oxygens (including phenoxy) is 3. The fourth-order valence-corrected chi connectivity index (χ4v) is 3.09. The molecule has 0 aliphatic rings. The number of carbonyl (C=O) groups excluding carboxylic acids is 3. The monoisotopic (exact) mass is 448 g/mol. The van der Waals surface area contributed by atoms with Crippen molar-refractivity contribution >= 4 is 23.5 Å². The summed E-state index contributed by atoms with van der Waals surface area (Å²) in [6.07, 6.45) is 0. The Balaban J connectivity index is 1.63. The number of methoxy groups -OCH3 is 2. The molecule has 0 saturated carbocycles. The van der Waals surface area contributed by atoms with E-state index in [4.69, 9.17) is 14.2 Å². The van der Waals surface area contributed by atoms with Crippen molar-refractivity contribution in [3.63, 3.8) is 0 Å². The van der Waals surface area contributed by atoms with Gasteiger partial charge >= 0.3 is 5.97 Å². The Morgan fingerprint density at radius 2 is 1.52 bits per heavy atom. The molecule has 0 aromatic heterocycles. The highest BCUT2D eigenvalue weighted by Gasteiger charge is 2.12. The minimum Gasteiger partial charge on any atom is -0.493 e. The van der Waals surface area contributed by atoms with E-state index in [-0.39, 0.29) is 18.4 Å². The standard InChI is InChI=1S/C25H24N2O6/c1-16(28)33-21-9-5-7-18(13-21)25(30)27-20-8-4-6-17(12-20)15-26-24(29)19-10-11-22(31-2)23(14-19)32-3/h4-14H,15H2,1-3H3,(H,26,29)(H,27,30). The molecule has 8 heteroatoms. The van der Waals surface area contributed by atoms with Gasteiger partial charge in [-0.05, 0) is 54.1 Å². The molecule has 3 rings (SSSR count). The summed E-state index contributed by atoms with van der Waals surface area (Å²) in [7, 11) is 3.03. The molecule has 0 aliphatic carbocycles. The van der Waals surface area contributed by atoms with Gasteiger partial charge in [-0.15, -0.1) is 0 Å². The number of hydrogen-bond acceptors (Lipinski definition) is 6. The van der Waals surface area contributed by atoms with Gasteiger partial charge in [-0.1, -0.05) is 18.2 Å².